The molecule has 2 rings (SSSR count). The zero-order valence-electron chi connectivity index (χ0n) is 15.7. The summed E-state index contributed by atoms with van der Waals surface area (Å²) in [6, 6.07) is 4.85. The summed E-state index contributed by atoms with van der Waals surface area (Å²) < 4.78 is 23.2. The lowest BCUT2D eigenvalue weighted by atomic mass is 9.85. The third-order valence-corrected chi connectivity index (χ3v) is 6.29. The maximum atomic E-state index is 12.5. The van der Waals surface area contributed by atoms with Crippen LogP contribution in [0.3, 0.4) is 0 Å². The number of sulfonamides is 1. The molecule has 0 aliphatic heterocycles. The van der Waals surface area contributed by atoms with Gasteiger partial charge in [0, 0.05) is 11.8 Å². The Hall–Kier alpha value is -1.44. The Balaban J connectivity index is 2.19. The Morgan fingerprint density at radius 3 is 2.35 bits per heavy atom. The van der Waals surface area contributed by atoms with E-state index in [0.717, 1.165) is 37.7 Å². The maximum Gasteiger partial charge on any atom is 0.238 e. The quantitative estimate of drug-likeness (QED) is 0.656. The summed E-state index contributed by atoms with van der Waals surface area (Å²) in [5.41, 5.74) is 1.31. The number of amides is 1. The van der Waals surface area contributed by atoms with Crippen LogP contribution < -0.4 is 10.5 Å². The second-order valence-corrected chi connectivity index (χ2v) is 9.16. The van der Waals surface area contributed by atoms with Crippen molar-refractivity contribution in [1.82, 2.24) is 5.32 Å². The van der Waals surface area contributed by atoms with E-state index in [1.165, 1.54) is 6.07 Å². The van der Waals surface area contributed by atoms with Crippen molar-refractivity contribution in [2.75, 3.05) is 0 Å². The summed E-state index contributed by atoms with van der Waals surface area (Å²) in [6.07, 6.45) is 3.98. The largest absolute Gasteiger partial charge is 0.373 e. The van der Waals surface area contributed by atoms with E-state index >= 15 is 0 Å². The predicted molar refractivity (Wildman–Crippen MR) is 101 cm³/mol. The fraction of sp³-hybridized carbons (Fsp3) is 0.632. The topological polar surface area (TPSA) is 109 Å². The van der Waals surface area contributed by atoms with Crippen molar-refractivity contribution in [2.24, 2.45) is 17.0 Å². The molecule has 1 aliphatic rings. The van der Waals surface area contributed by atoms with Crippen molar-refractivity contribution in [1.29, 1.82) is 0 Å². The highest BCUT2D eigenvalue weighted by Crippen LogP contribution is 2.30. The predicted octanol–water partition coefficient (Wildman–Crippen LogP) is 2.40. The first-order valence-electron chi connectivity index (χ1n) is 9.23. The number of hydrogen-bond acceptors (Lipinski definition) is 4. The van der Waals surface area contributed by atoms with E-state index in [9.17, 15) is 18.3 Å². The van der Waals surface area contributed by atoms with Crippen LogP contribution in [0, 0.1) is 18.8 Å². The second-order valence-electron chi connectivity index (χ2n) is 7.63. The van der Waals surface area contributed by atoms with E-state index in [1.54, 1.807) is 19.1 Å². The highest BCUT2D eigenvalue weighted by molar-refractivity contribution is 7.89. The minimum atomic E-state index is -3.78. The van der Waals surface area contributed by atoms with E-state index in [4.69, 9.17) is 5.14 Å². The number of carbonyl (C=O) groups is 1. The zero-order valence-corrected chi connectivity index (χ0v) is 16.6. The van der Waals surface area contributed by atoms with Crippen LogP contribution in [-0.2, 0) is 14.8 Å². The minimum Gasteiger partial charge on any atom is -0.373 e. The molecule has 0 saturated heterocycles. The van der Waals surface area contributed by atoms with Gasteiger partial charge in [0.05, 0.1) is 4.90 Å². The third-order valence-electron chi connectivity index (χ3n) is 5.21. The Morgan fingerprint density at radius 2 is 1.85 bits per heavy atom. The summed E-state index contributed by atoms with van der Waals surface area (Å²) >= 11 is 0. The number of nitrogens with two attached hydrogens (primary N) is 1. The normalized spacial score (nSPS) is 18.5. The average molecular weight is 383 g/mol. The summed E-state index contributed by atoms with van der Waals surface area (Å²) in [5, 5.41) is 18.7. The van der Waals surface area contributed by atoms with Crippen molar-refractivity contribution in [3.63, 3.8) is 0 Å². The van der Waals surface area contributed by atoms with Crippen LogP contribution in [0.2, 0.25) is 0 Å². The number of benzene rings is 1. The van der Waals surface area contributed by atoms with Crippen molar-refractivity contribution in [2.45, 2.75) is 69.9 Å². The lowest BCUT2D eigenvalue weighted by molar-refractivity contribution is -0.129. The standard InChI is InChI=1S/C19H30N2O4S/c1-12(2)17(15-9-10-16(13(3)11-15)26(20,24)25)19(23)21-18(22)14-7-5-4-6-8-14/h9-12,14,17,19,23H,4-8H2,1-3H3,(H,21,22)(H2,20,24,25). The lowest BCUT2D eigenvalue weighted by Gasteiger charge is -2.30. The number of aliphatic hydroxyl groups excluding tert-OH is 1. The van der Waals surface area contributed by atoms with Crippen LogP contribution in [0.5, 0.6) is 0 Å². The molecule has 2 unspecified atom stereocenters. The van der Waals surface area contributed by atoms with Crippen LogP contribution in [0.25, 0.3) is 0 Å². The lowest BCUT2D eigenvalue weighted by Crippen LogP contribution is -2.44. The van der Waals surface area contributed by atoms with Gasteiger partial charge in [0.1, 0.15) is 6.23 Å². The first-order valence-corrected chi connectivity index (χ1v) is 10.8. The molecule has 2 atom stereocenters. The number of rotatable bonds is 6. The van der Waals surface area contributed by atoms with Crippen LogP contribution in [0.15, 0.2) is 23.1 Å². The molecule has 7 heteroatoms. The van der Waals surface area contributed by atoms with Crippen LogP contribution in [0.4, 0.5) is 0 Å². The molecular formula is C19H30N2O4S. The first-order chi connectivity index (χ1) is 12.1. The van der Waals surface area contributed by atoms with Gasteiger partial charge in [-0.1, -0.05) is 45.2 Å². The molecule has 0 spiro atoms. The van der Waals surface area contributed by atoms with Gasteiger partial charge in [0.15, 0.2) is 0 Å². The Morgan fingerprint density at radius 1 is 1.23 bits per heavy atom. The molecule has 1 aromatic rings. The van der Waals surface area contributed by atoms with Gasteiger partial charge in [-0.05, 0) is 42.9 Å². The molecular weight excluding hydrogens is 352 g/mol. The first kappa shape index (κ1) is 20.9. The number of nitrogens with one attached hydrogen (secondary N) is 1. The molecule has 26 heavy (non-hydrogen) atoms. The van der Waals surface area contributed by atoms with E-state index < -0.39 is 16.3 Å². The number of aryl methyl sites for hydroxylation is 1. The maximum absolute atomic E-state index is 12.5. The van der Waals surface area contributed by atoms with Gasteiger partial charge < -0.3 is 10.4 Å². The Bertz CT molecular complexity index is 740. The molecule has 1 aliphatic carbocycles. The molecule has 1 amide bonds. The summed E-state index contributed by atoms with van der Waals surface area (Å²) in [6.45, 7) is 5.60. The van der Waals surface area contributed by atoms with Crippen molar-refractivity contribution in [3.8, 4) is 0 Å². The molecule has 4 N–H and O–H groups in total. The van der Waals surface area contributed by atoms with Gasteiger partial charge >= 0.3 is 0 Å². The smallest absolute Gasteiger partial charge is 0.238 e. The third kappa shape index (κ3) is 5.05. The van der Waals surface area contributed by atoms with Crippen LogP contribution in [0.1, 0.15) is 63.0 Å². The molecule has 1 aromatic carbocycles. The van der Waals surface area contributed by atoms with Crippen LogP contribution in [-0.4, -0.2) is 25.7 Å². The Kier molecular flexibility index (Phi) is 6.82. The Labute approximate surface area is 156 Å². The van der Waals surface area contributed by atoms with Crippen LogP contribution >= 0.6 is 0 Å². The van der Waals surface area contributed by atoms with E-state index in [2.05, 4.69) is 5.32 Å². The highest BCUT2D eigenvalue weighted by atomic mass is 32.2. The fourth-order valence-corrected chi connectivity index (χ4v) is 4.61. The number of aliphatic hydroxyl groups is 1. The molecule has 146 valence electrons. The molecule has 0 heterocycles. The van der Waals surface area contributed by atoms with Crippen molar-refractivity contribution < 1.29 is 18.3 Å². The zero-order chi connectivity index (χ0) is 19.5. The molecule has 0 aromatic heterocycles. The van der Waals surface area contributed by atoms with Crippen molar-refractivity contribution in [3.05, 3.63) is 29.3 Å². The fourth-order valence-electron chi connectivity index (χ4n) is 3.85. The monoisotopic (exact) mass is 382 g/mol. The molecule has 1 saturated carbocycles. The average Bonchev–Trinajstić information content (AvgIpc) is 2.54. The van der Waals surface area contributed by atoms with E-state index in [0.29, 0.717) is 5.56 Å². The van der Waals surface area contributed by atoms with Gasteiger partial charge in [0.2, 0.25) is 15.9 Å². The number of carbonyl (C=O) groups excluding carboxylic acids is 1. The van der Waals surface area contributed by atoms with Gasteiger partial charge in [0.25, 0.3) is 0 Å². The molecule has 6 nitrogen and oxygen atoms in total. The number of hydrogen-bond donors (Lipinski definition) is 3. The second kappa shape index (κ2) is 8.50. The highest BCUT2D eigenvalue weighted by Gasteiger charge is 2.29. The minimum absolute atomic E-state index is 0.0299. The summed E-state index contributed by atoms with van der Waals surface area (Å²) in [7, 11) is -3.78. The summed E-state index contributed by atoms with van der Waals surface area (Å²) in [5.74, 6) is -0.411. The number of primary sulfonamides is 1. The molecule has 0 bridgehead atoms. The van der Waals surface area contributed by atoms with Gasteiger partial charge in [-0.15, -0.1) is 0 Å². The van der Waals surface area contributed by atoms with E-state index in [-0.39, 0.29) is 28.6 Å². The van der Waals surface area contributed by atoms with E-state index in [1.807, 2.05) is 13.8 Å². The van der Waals surface area contributed by atoms with Gasteiger partial charge in [-0.25, -0.2) is 13.6 Å². The van der Waals surface area contributed by atoms with Crippen molar-refractivity contribution >= 4 is 15.9 Å². The SMILES string of the molecule is Cc1cc(C(C(C)C)C(O)NC(=O)C2CCCCC2)ccc1S(N)(=O)=O. The van der Waals surface area contributed by atoms with Gasteiger partial charge in [-0.3, -0.25) is 4.79 Å². The van der Waals surface area contributed by atoms with Gasteiger partial charge in [-0.2, -0.15) is 0 Å². The molecule has 1 fully saturated rings. The summed E-state index contributed by atoms with van der Waals surface area (Å²) in [4.78, 5) is 12.5. The molecule has 0 radical (unpaired) electrons.